The molecule has 3 aliphatic rings. The van der Waals surface area contributed by atoms with E-state index in [0.29, 0.717) is 41.9 Å². The number of amides is 2. The first-order chi connectivity index (χ1) is 22.2. The lowest BCUT2D eigenvalue weighted by Gasteiger charge is -2.44. The Morgan fingerprint density at radius 1 is 1.02 bits per heavy atom. The number of ether oxygens (including phenoxy) is 1. The van der Waals surface area contributed by atoms with Crippen LogP contribution in [0.3, 0.4) is 0 Å². The van der Waals surface area contributed by atoms with Crippen molar-refractivity contribution in [2.45, 2.75) is 63.6 Å². The number of nitrogens with one attached hydrogen (secondary N) is 1. The van der Waals surface area contributed by atoms with Crippen LogP contribution in [0.1, 0.15) is 49.3 Å². The molecule has 242 valence electrons. The number of piperazine rings is 1. The number of carbonyl (C=O) groups is 2. The molecule has 6 nitrogen and oxygen atoms in total. The van der Waals surface area contributed by atoms with Crippen molar-refractivity contribution in [2.24, 2.45) is 0 Å². The van der Waals surface area contributed by atoms with Crippen LogP contribution in [0.2, 0.25) is 0 Å². The summed E-state index contributed by atoms with van der Waals surface area (Å²) in [5.41, 5.74) is 3.95. The molecular formula is C36H37BrF3N3O3. The molecule has 1 unspecified atom stereocenters. The van der Waals surface area contributed by atoms with Crippen LogP contribution >= 0.6 is 15.9 Å². The lowest BCUT2D eigenvalue weighted by molar-refractivity contribution is -0.132. The monoisotopic (exact) mass is 695 g/mol. The van der Waals surface area contributed by atoms with E-state index in [-0.39, 0.29) is 54.3 Å². The third kappa shape index (κ3) is 7.33. The molecule has 1 aliphatic carbocycles. The van der Waals surface area contributed by atoms with Gasteiger partial charge in [0.2, 0.25) is 5.91 Å². The molecular weight excluding hydrogens is 659 g/mol. The summed E-state index contributed by atoms with van der Waals surface area (Å²) in [6, 6.07) is 16.5. The second-order valence-corrected chi connectivity index (χ2v) is 13.2. The average molecular weight is 697 g/mol. The van der Waals surface area contributed by atoms with Crippen molar-refractivity contribution >= 4 is 33.3 Å². The van der Waals surface area contributed by atoms with Crippen LogP contribution in [0.4, 0.5) is 13.2 Å². The molecule has 1 N–H and O–H groups in total. The number of hydrogen-bond donors (Lipinski definition) is 1. The Hall–Kier alpha value is -3.63. The molecule has 2 heterocycles. The van der Waals surface area contributed by atoms with Gasteiger partial charge in [-0.25, -0.2) is 13.2 Å². The molecule has 2 fully saturated rings. The minimum Gasteiger partial charge on any atom is -0.492 e. The molecule has 6 rings (SSSR count). The van der Waals surface area contributed by atoms with Crippen LogP contribution in [-0.2, 0) is 22.4 Å². The van der Waals surface area contributed by atoms with E-state index in [1.807, 2.05) is 4.90 Å². The Morgan fingerprint density at radius 2 is 1.80 bits per heavy atom. The Morgan fingerprint density at radius 3 is 2.54 bits per heavy atom. The zero-order valence-electron chi connectivity index (χ0n) is 25.7. The van der Waals surface area contributed by atoms with Gasteiger partial charge < -0.3 is 19.9 Å². The van der Waals surface area contributed by atoms with Crippen molar-refractivity contribution in [1.82, 2.24) is 15.1 Å². The highest BCUT2D eigenvalue weighted by Crippen LogP contribution is 2.37. The van der Waals surface area contributed by atoms with Crippen molar-refractivity contribution in [3.8, 4) is 5.75 Å². The Balaban J connectivity index is 1.21. The third-order valence-electron chi connectivity index (χ3n) is 9.05. The zero-order valence-corrected chi connectivity index (χ0v) is 27.3. The SMILES string of the molecule is CC(=O)N1CC2CC(c3ccc(CCCOc4cc(F)ccc4Br)cc3)=C(C(=O)N(CCc3cccc(F)c3F)C3CC3)[C@@H](C1)N2. The summed E-state index contributed by atoms with van der Waals surface area (Å²) in [5, 5.41) is 3.59. The summed E-state index contributed by atoms with van der Waals surface area (Å²) in [6.07, 6.45) is 4.05. The number of benzene rings is 3. The van der Waals surface area contributed by atoms with Gasteiger partial charge in [0.1, 0.15) is 11.6 Å². The van der Waals surface area contributed by atoms with Gasteiger partial charge in [-0.15, -0.1) is 0 Å². The molecule has 10 heteroatoms. The average Bonchev–Trinajstić information content (AvgIpc) is 3.88. The van der Waals surface area contributed by atoms with E-state index in [1.165, 1.54) is 18.2 Å². The van der Waals surface area contributed by atoms with Crippen molar-refractivity contribution in [3.63, 3.8) is 0 Å². The number of aryl methyl sites for hydroxylation is 1. The maximum Gasteiger partial charge on any atom is 0.252 e. The summed E-state index contributed by atoms with van der Waals surface area (Å²) in [4.78, 5) is 30.4. The normalized spacial score (nSPS) is 19.3. The highest BCUT2D eigenvalue weighted by atomic mass is 79.9. The van der Waals surface area contributed by atoms with Gasteiger partial charge in [0.15, 0.2) is 11.6 Å². The van der Waals surface area contributed by atoms with E-state index >= 15 is 0 Å². The number of nitrogens with zero attached hydrogens (tertiary/aromatic N) is 2. The van der Waals surface area contributed by atoms with Crippen LogP contribution in [0.25, 0.3) is 5.57 Å². The molecule has 0 spiro atoms. The highest BCUT2D eigenvalue weighted by Gasteiger charge is 2.42. The van der Waals surface area contributed by atoms with Gasteiger partial charge in [-0.05, 0) is 94.9 Å². The van der Waals surface area contributed by atoms with E-state index in [4.69, 9.17) is 4.74 Å². The fourth-order valence-electron chi connectivity index (χ4n) is 6.52. The third-order valence-corrected chi connectivity index (χ3v) is 9.70. The first kappa shape index (κ1) is 32.3. The van der Waals surface area contributed by atoms with Crippen LogP contribution < -0.4 is 10.1 Å². The standard InChI is InChI=1S/C36H37BrF3N3O3/c1-22(44)42-20-27-19-29(24-9-7-23(8-10-24)4-3-17-46-33-18-26(38)11-14-30(33)37)34(32(21-42)41-27)36(45)43(28-12-13-28)16-15-25-5-2-6-31(39)35(25)40/h2,5-11,14,18,27-28,32,41H,3-4,12-13,15-17,19-21H2,1H3/t27?,32-/m1/s1. The van der Waals surface area contributed by atoms with E-state index in [2.05, 4.69) is 45.5 Å². The van der Waals surface area contributed by atoms with Gasteiger partial charge >= 0.3 is 0 Å². The van der Waals surface area contributed by atoms with Gasteiger partial charge in [-0.3, -0.25) is 9.59 Å². The van der Waals surface area contributed by atoms with E-state index < -0.39 is 11.6 Å². The van der Waals surface area contributed by atoms with Crippen LogP contribution in [0.15, 0.2) is 70.7 Å². The van der Waals surface area contributed by atoms with Crippen molar-refractivity contribution in [3.05, 3.63) is 105 Å². The number of fused-ring (bicyclic) bond motifs is 2. The molecule has 3 aromatic rings. The second kappa shape index (κ2) is 14.0. The maximum absolute atomic E-state index is 14.5. The molecule has 1 saturated heterocycles. The number of rotatable bonds is 11. The van der Waals surface area contributed by atoms with Crippen LogP contribution in [-0.4, -0.2) is 66.0 Å². The van der Waals surface area contributed by atoms with Crippen LogP contribution in [0, 0.1) is 17.5 Å². The Kier molecular flexibility index (Phi) is 9.84. The summed E-state index contributed by atoms with van der Waals surface area (Å²) < 4.78 is 48.4. The lowest BCUT2D eigenvalue weighted by atomic mass is 9.82. The second-order valence-electron chi connectivity index (χ2n) is 12.4. The van der Waals surface area contributed by atoms with Crippen molar-refractivity contribution in [1.29, 1.82) is 0 Å². The molecule has 3 aromatic carbocycles. The largest absolute Gasteiger partial charge is 0.492 e. The van der Waals surface area contributed by atoms with Crippen LogP contribution in [0.5, 0.6) is 5.75 Å². The molecule has 2 atom stereocenters. The predicted octanol–water partition coefficient (Wildman–Crippen LogP) is 6.46. The van der Waals surface area contributed by atoms with Gasteiger partial charge in [0, 0.05) is 50.3 Å². The smallest absolute Gasteiger partial charge is 0.252 e. The predicted molar refractivity (Wildman–Crippen MR) is 174 cm³/mol. The van der Waals surface area contributed by atoms with Gasteiger partial charge in [0.25, 0.3) is 5.91 Å². The Labute approximate surface area is 275 Å². The molecule has 46 heavy (non-hydrogen) atoms. The van der Waals surface area contributed by atoms with E-state index in [0.717, 1.165) is 48.4 Å². The van der Waals surface area contributed by atoms with Gasteiger partial charge in [-0.1, -0.05) is 36.4 Å². The first-order valence-corrected chi connectivity index (χ1v) is 16.6. The quantitative estimate of drug-likeness (QED) is 0.234. The minimum absolute atomic E-state index is 0.0175. The number of hydrogen-bond acceptors (Lipinski definition) is 4. The minimum atomic E-state index is -0.892. The fraction of sp³-hybridized carbons (Fsp3) is 0.389. The Bertz CT molecular complexity index is 1640. The van der Waals surface area contributed by atoms with Crippen molar-refractivity contribution < 1.29 is 27.5 Å². The van der Waals surface area contributed by atoms with Crippen molar-refractivity contribution in [2.75, 3.05) is 26.2 Å². The van der Waals surface area contributed by atoms with E-state index in [9.17, 15) is 22.8 Å². The van der Waals surface area contributed by atoms with E-state index in [1.54, 1.807) is 24.0 Å². The highest BCUT2D eigenvalue weighted by molar-refractivity contribution is 9.10. The molecule has 0 radical (unpaired) electrons. The topological polar surface area (TPSA) is 61.9 Å². The molecule has 1 saturated carbocycles. The molecule has 0 aromatic heterocycles. The van der Waals surface area contributed by atoms with Gasteiger partial charge in [0.05, 0.1) is 17.1 Å². The summed E-state index contributed by atoms with van der Waals surface area (Å²) in [7, 11) is 0. The fourth-order valence-corrected chi connectivity index (χ4v) is 6.88. The maximum atomic E-state index is 14.5. The molecule has 2 bridgehead atoms. The number of carbonyl (C=O) groups excluding carboxylic acids is 2. The lowest BCUT2D eigenvalue weighted by Crippen LogP contribution is -2.62. The summed E-state index contributed by atoms with van der Waals surface area (Å²) >= 11 is 3.39. The first-order valence-electron chi connectivity index (χ1n) is 15.8. The van der Waals surface area contributed by atoms with Gasteiger partial charge in [-0.2, -0.15) is 0 Å². The number of halogens is 4. The summed E-state index contributed by atoms with van der Waals surface area (Å²) in [6.45, 7) is 3.23. The zero-order chi connectivity index (χ0) is 32.4. The summed E-state index contributed by atoms with van der Waals surface area (Å²) in [5.74, 6) is -1.77. The molecule has 2 aliphatic heterocycles. The molecule has 2 amide bonds.